The maximum atomic E-state index is 12.3. The van der Waals surface area contributed by atoms with Crippen LogP contribution in [0.15, 0.2) is 18.2 Å². The zero-order valence-electron chi connectivity index (χ0n) is 15.7. The molecule has 2 aliphatic heterocycles. The number of nitrogens with one attached hydrogen (secondary N) is 1. The second-order valence-corrected chi connectivity index (χ2v) is 7.44. The first-order valence-corrected chi connectivity index (χ1v) is 9.79. The summed E-state index contributed by atoms with van der Waals surface area (Å²) in [5.74, 6) is 0.738. The minimum absolute atomic E-state index is 0.0715. The van der Waals surface area contributed by atoms with Crippen LogP contribution < -0.4 is 10.1 Å². The second-order valence-electron chi connectivity index (χ2n) is 7.04. The molecule has 2 saturated heterocycles. The van der Waals surface area contributed by atoms with Crippen molar-refractivity contribution in [3.05, 3.63) is 23.2 Å². The van der Waals surface area contributed by atoms with Crippen LogP contribution in [0.1, 0.15) is 12.8 Å². The number of nitrogens with zero attached hydrogens (tertiary/aromatic N) is 3. The molecule has 7 nitrogen and oxygen atoms in total. The Hall–Kier alpha value is -1.83. The molecular weight excluding hydrogens is 368 g/mol. The second kappa shape index (κ2) is 9.39. The van der Waals surface area contributed by atoms with Crippen LogP contribution in [0.25, 0.3) is 0 Å². The number of ether oxygens (including phenoxy) is 1. The summed E-state index contributed by atoms with van der Waals surface area (Å²) in [5, 5.41) is 3.33. The van der Waals surface area contributed by atoms with Gasteiger partial charge >= 0.3 is 0 Å². The van der Waals surface area contributed by atoms with E-state index >= 15 is 0 Å². The fourth-order valence-electron chi connectivity index (χ4n) is 3.51. The van der Waals surface area contributed by atoms with Crippen molar-refractivity contribution in [3.8, 4) is 5.75 Å². The molecule has 1 aromatic rings. The summed E-state index contributed by atoms with van der Waals surface area (Å²) < 4.78 is 5.11. The highest BCUT2D eigenvalue weighted by Crippen LogP contribution is 2.27. The van der Waals surface area contributed by atoms with Crippen molar-refractivity contribution >= 4 is 29.1 Å². The van der Waals surface area contributed by atoms with Crippen molar-refractivity contribution in [2.75, 3.05) is 64.8 Å². The Morgan fingerprint density at radius 1 is 1.04 bits per heavy atom. The molecule has 1 N–H and O–H groups in total. The van der Waals surface area contributed by atoms with Crippen LogP contribution >= 0.6 is 11.6 Å². The molecule has 0 saturated carbocycles. The third kappa shape index (κ3) is 5.57. The fourth-order valence-corrected chi connectivity index (χ4v) is 3.77. The maximum absolute atomic E-state index is 12.3. The van der Waals surface area contributed by atoms with Crippen molar-refractivity contribution in [1.82, 2.24) is 14.7 Å². The minimum atomic E-state index is -0.0715. The van der Waals surface area contributed by atoms with Gasteiger partial charge in [0.15, 0.2) is 0 Å². The van der Waals surface area contributed by atoms with Crippen LogP contribution in [0, 0.1) is 0 Å². The highest BCUT2D eigenvalue weighted by molar-refractivity contribution is 6.32. The van der Waals surface area contributed by atoms with Crippen LogP contribution in [0.3, 0.4) is 0 Å². The predicted octanol–water partition coefficient (Wildman–Crippen LogP) is 1.53. The molecule has 2 fully saturated rings. The molecule has 0 bridgehead atoms. The van der Waals surface area contributed by atoms with E-state index in [1.807, 2.05) is 4.90 Å². The van der Waals surface area contributed by atoms with Gasteiger partial charge in [-0.1, -0.05) is 11.6 Å². The van der Waals surface area contributed by atoms with Crippen molar-refractivity contribution in [2.45, 2.75) is 12.8 Å². The molecule has 0 unspecified atom stereocenters. The zero-order valence-corrected chi connectivity index (χ0v) is 16.5. The van der Waals surface area contributed by atoms with Crippen LogP contribution in [0.2, 0.25) is 5.02 Å². The van der Waals surface area contributed by atoms with E-state index in [9.17, 15) is 9.59 Å². The molecule has 0 radical (unpaired) electrons. The summed E-state index contributed by atoms with van der Waals surface area (Å²) in [6.07, 6.45) is 2.24. The van der Waals surface area contributed by atoms with Crippen LogP contribution in [-0.4, -0.2) is 86.0 Å². The Bertz CT molecular complexity index is 671. The number of hydrogen-bond acceptors (Lipinski definition) is 5. The van der Waals surface area contributed by atoms with Gasteiger partial charge in [0, 0.05) is 45.0 Å². The summed E-state index contributed by atoms with van der Waals surface area (Å²) in [7, 11) is 1.55. The Balaban J connectivity index is 1.40. The molecule has 3 rings (SSSR count). The number of anilines is 1. The molecule has 2 aliphatic rings. The van der Waals surface area contributed by atoms with Gasteiger partial charge in [-0.05, 0) is 31.0 Å². The number of halogens is 1. The number of benzene rings is 1. The van der Waals surface area contributed by atoms with E-state index in [1.165, 1.54) is 0 Å². The van der Waals surface area contributed by atoms with Crippen LogP contribution in [-0.2, 0) is 9.59 Å². The number of piperazine rings is 1. The number of likely N-dealkylation sites (tertiary alicyclic amines) is 1. The van der Waals surface area contributed by atoms with Gasteiger partial charge in [0.1, 0.15) is 5.75 Å². The molecule has 0 spiro atoms. The van der Waals surface area contributed by atoms with E-state index < -0.39 is 0 Å². The molecule has 2 heterocycles. The third-order valence-electron chi connectivity index (χ3n) is 5.09. The lowest BCUT2D eigenvalue weighted by atomic mass is 10.2. The fraction of sp³-hybridized carbons (Fsp3) is 0.579. The topological polar surface area (TPSA) is 65.1 Å². The molecule has 0 atom stereocenters. The average molecular weight is 395 g/mol. The standard InChI is InChI=1S/C19H27ClN4O3/c1-27-17-5-4-15(12-16(17)20)21-18(25)13-22-8-10-23(11-9-22)14-19(26)24-6-2-3-7-24/h4-5,12H,2-3,6-11,13-14H2,1H3,(H,21,25). The first kappa shape index (κ1) is 19.9. The van der Waals surface area contributed by atoms with Crippen molar-refractivity contribution in [3.63, 3.8) is 0 Å². The molecule has 148 valence electrons. The van der Waals surface area contributed by atoms with Gasteiger partial charge in [0.2, 0.25) is 11.8 Å². The molecular formula is C19H27ClN4O3. The third-order valence-corrected chi connectivity index (χ3v) is 5.38. The molecule has 0 aromatic heterocycles. The molecule has 8 heteroatoms. The smallest absolute Gasteiger partial charge is 0.238 e. The maximum Gasteiger partial charge on any atom is 0.238 e. The summed E-state index contributed by atoms with van der Waals surface area (Å²) in [4.78, 5) is 30.8. The lowest BCUT2D eigenvalue weighted by molar-refractivity contribution is -0.132. The van der Waals surface area contributed by atoms with Crippen LogP contribution in [0.4, 0.5) is 5.69 Å². The van der Waals surface area contributed by atoms with Gasteiger partial charge in [-0.25, -0.2) is 0 Å². The first-order valence-electron chi connectivity index (χ1n) is 9.41. The van der Waals surface area contributed by atoms with E-state index in [0.717, 1.165) is 52.1 Å². The van der Waals surface area contributed by atoms with E-state index in [2.05, 4.69) is 15.1 Å². The van der Waals surface area contributed by atoms with Gasteiger partial charge in [0.25, 0.3) is 0 Å². The number of methoxy groups -OCH3 is 1. The van der Waals surface area contributed by atoms with E-state index in [4.69, 9.17) is 16.3 Å². The van der Waals surface area contributed by atoms with Gasteiger partial charge in [-0.3, -0.25) is 19.4 Å². The number of carbonyl (C=O) groups excluding carboxylic acids is 2. The Morgan fingerprint density at radius 3 is 2.26 bits per heavy atom. The van der Waals surface area contributed by atoms with Crippen molar-refractivity contribution in [1.29, 1.82) is 0 Å². The zero-order chi connectivity index (χ0) is 19.2. The molecule has 0 aliphatic carbocycles. The number of carbonyl (C=O) groups is 2. The Morgan fingerprint density at radius 2 is 1.67 bits per heavy atom. The molecule has 2 amide bonds. The lowest BCUT2D eigenvalue weighted by Crippen LogP contribution is -2.51. The normalized spacial score (nSPS) is 18.5. The van der Waals surface area contributed by atoms with E-state index in [-0.39, 0.29) is 11.8 Å². The summed E-state index contributed by atoms with van der Waals surface area (Å²) in [5.41, 5.74) is 0.653. The van der Waals surface area contributed by atoms with Gasteiger partial charge in [-0.2, -0.15) is 0 Å². The van der Waals surface area contributed by atoms with E-state index in [0.29, 0.717) is 29.5 Å². The Kier molecular flexibility index (Phi) is 6.93. The van der Waals surface area contributed by atoms with Gasteiger partial charge in [-0.15, -0.1) is 0 Å². The van der Waals surface area contributed by atoms with Crippen LogP contribution in [0.5, 0.6) is 5.75 Å². The van der Waals surface area contributed by atoms with Crippen molar-refractivity contribution < 1.29 is 14.3 Å². The minimum Gasteiger partial charge on any atom is -0.495 e. The highest BCUT2D eigenvalue weighted by atomic mass is 35.5. The summed E-state index contributed by atoms with van der Waals surface area (Å²) in [6.45, 7) is 5.79. The first-order chi connectivity index (χ1) is 13.0. The summed E-state index contributed by atoms with van der Waals surface area (Å²) >= 11 is 6.09. The molecule has 1 aromatic carbocycles. The van der Waals surface area contributed by atoms with Gasteiger partial charge in [0.05, 0.1) is 25.2 Å². The van der Waals surface area contributed by atoms with E-state index in [1.54, 1.807) is 25.3 Å². The number of amides is 2. The average Bonchev–Trinajstić information content (AvgIpc) is 3.18. The predicted molar refractivity (Wildman–Crippen MR) is 105 cm³/mol. The number of hydrogen-bond donors (Lipinski definition) is 1. The largest absolute Gasteiger partial charge is 0.495 e. The SMILES string of the molecule is COc1ccc(NC(=O)CN2CCN(CC(=O)N3CCCC3)CC2)cc1Cl. The Labute approximate surface area is 165 Å². The van der Waals surface area contributed by atoms with Gasteiger partial charge < -0.3 is 15.0 Å². The monoisotopic (exact) mass is 394 g/mol. The summed E-state index contributed by atoms with van der Waals surface area (Å²) in [6, 6.07) is 5.18. The highest BCUT2D eigenvalue weighted by Gasteiger charge is 2.24. The lowest BCUT2D eigenvalue weighted by Gasteiger charge is -2.34. The quantitative estimate of drug-likeness (QED) is 0.792. The number of rotatable bonds is 6. The molecule has 27 heavy (non-hydrogen) atoms. The van der Waals surface area contributed by atoms with Crippen molar-refractivity contribution in [2.24, 2.45) is 0 Å².